The first-order valence-corrected chi connectivity index (χ1v) is 4.65. The zero-order valence-corrected chi connectivity index (χ0v) is 8.52. The Labute approximate surface area is 95.1 Å². The molecule has 2 rings (SSSR count). The Hall–Kier alpha value is -2.37. The highest BCUT2D eigenvalue weighted by atomic mass is 19.1. The molecule has 0 atom stereocenters. The van der Waals surface area contributed by atoms with Crippen molar-refractivity contribution in [3.05, 3.63) is 41.6 Å². The topological polar surface area (TPSA) is 68.9 Å². The summed E-state index contributed by atoms with van der Waals surface area (Å²) in [7, 11) is 0. The fourth-order valence-electron chi connectivity index (χ4n) is 1.38. The van der Waals surface area contributed by atoms with Crippen LogP contribution in [0.5, 0.6) is 0 Å². The molecule has 0 saturated carbocycles. The van der Waals surface area contributed by atoms with Crippen molar-refractivity contribution < 1.29 is 13.6 Å². The third-order valence-electron chi connectivity index (χ3n) is 2.17. The van der Waals surface area contributed by atoms with Gasteiger partial charge >= 0.3 is 0 Å². The quantitative estimate of drug-likeness (QED) is 0.806. The van der Waals surface area contributed by atoms with Crippen LogP contribution in [0, 0.1) is 11.6 Å². The van der Waals surface area contributed by atoms with Crippen LogP contribution in [-0.2, 0) is 0 Å². The molecule has 0 saturated heterocycles. The lowest BCUT2D eigenvalue weighted by Gasteiger charge is -2.04. The van der Waals surface area contributed by atoms with Crippen LogP contribution in [0.4, 0.5) is 14.7 Å². The average molecular weight is 235 g/mol. The number of benzene rings is 1. The molecule has 0 aliphatic rings. The van der Waals surface area contributed by atoms with Crippen molar-refractivity contribution in [1.82, 2.24) is 9.97 Å². The minimum absolute atomic E-state index is 0.00257. The van der Waals surface area contributed by atoms with E-state index in [1.165, 1.54) is 12.3 Å². The molecule has 4 nitrogen and oxygen atoms in total. The highest BCUT2D eigenvalue weighted by Gasteiger charge is 2.12. The van der Waals surface area contributed by atoms with E-state index in [9.17, 15) is 13.6 Å². The predicted molar refractivity (Wildman–Crippen MR) is 57.2 cm³/mol. The first kappa shape index (κ1) is 11.1. The summed E-state index contributed by atoms with van der Waals surface area (Å²) in [5, 5.41) is 0. The third-order valence-corrected chi connectivity index (χ3v) is 2.17. The largest absolute Gasteiger partial charge is 0.368 e. The van der Waals surface area contributed by atoms with Gasteiger partial charge in [-0.3, -0.25) is 4.79 Å². The molecular formula is C11H7F2N3O. The number of hydrogen-bond acceptors (Lipinski definition) is 4. The number of aldehydes is 1. The van der Waals surface area contributed by atoms with E-state index in [1.54, 1.807) is 0 Å². The Kier molecular flexibility index (Phi) is 2.78. The van der Waals surface area contributed by atoms with Crippen LogP contribution in [0.1, 0.15) is 10.4 Å². The van der Waals surface area contributed by atoms with Gasteiger partial charge < -0.3 is 5.73 Å². The Morgan fingerprint density at radius 3 is 2.41 bits per heavy atom. The molecule has 0 bridgehead atoms. The number of nitrogen functional groups attached to an aromatic ring is 1. The van der Waals surface area contributed by atoms with Gasteiger partial charge in [-0.2, -0.15) is 0 Å². The maximum atomic E-state index is 13.4. The lowest BCUT2D eigenvalue weighted by molar-refractivity contribution is 0.111. The van der Waals surface area contributed by atoms with Crippen molar-refractivity contribution >= 4 is 12.2 Å². The molecule has 0 spiro atoms. The molecule has 0 amide bonds. The molecule has 0 aliphatic heterocycles. The molecule has 2 N–H and O–H groups in total. The normalized spacial score (nSPS) is 10.2. The van der Waals surface area contributed by atoms with Crippen molar-refractivity contribution in [2.45, 2.75) is 0 Å². The standard InChI is InChI=1S/C11H7F2N3O/c12-8-3-6(4-9(13)7(8)5-17)10-1-2-15-11(14)16-10/h1-5H,(H2,14,15,16). The minimum Gasteiger partial charge on any atom is -0.368 e. The summed E-state index contributed by atoms with van der Waals surface area (Å²) in [6.45, 7) is 0. The molecule has 1 aromatic carbocycles. The molecule has 0 fully saturated rings. The molecule has 0 aliphatic carbocycles. The maximum Gasteiger partial charge on any atom is 0.220 e. The Morgan fingerprint density at radius 1 is 1.24 bits per heavy atom. The number of carbonyl (C=O) groups is 1. The van der Waals surface area contributed by atoms with Gasteiger partial charge in [-0.15, -0.1) is 0 Å². The lowest BCUT2D eigenvalue weighted by Crippen LogP contribution is -1.98. The van der Waals surface area contributed by atoms with Crippen LogP contribution in [-0.4, -0.2) is 16.3 Å². The highest BCUT2D eigenvalue weighted by Crippen LogP contribution is 2.22. The van der Waals surface area contributed by atoms with Crippen molar-refractivity contribution in [3.63, 3.8) is 0 Å². The predicted octanol–water partition coefficient (Wildman–Crippen LogP) is 1.82. The summed E-state index contributed by atoms with van der Waals surface area (Å²) in [5.41, 5.74) is 5.24. The third kappa shape index (κ3) is 2.10. The number of nitrogens with zero attached hydrogens (tertiary/aromatic N) is 2. The number of nitrogens with two attached hydrogens (primary N) is 1. The molecule has 0 unspecified atom stereocenters. The number of anilines is 1. The fraction of sp³-hybridized carbons (Fsp3) is 0. The molecular weight excluding hydrogens is 228 g/mol. The zero-order valence-electron chi connectivity index (χ0n) is 8.52. The lowest BCUT2D eigenvalue weighted by atomic mass is 10.1. The van der Waals surface area contributed by atoms with Crippen LogP contribution in [0.15, 0.2) is 24.4 Å². The van der Waals surface area contributed by atoms with E-state index in [0.717, 1.165) is 12.1 Å². The van der Waals surface area contributed by atoms with E-state index in [4.69, 9.17) is 5.73 Å². The molecule has 0 radical (unpaired) electrons. The summed E-state index contributed by atoms with van der Waals surface area (Å²) >= 11 is 0. The van der Waals surface area contributed by atoms with Gasteiger partial charge in [0, 0.05) is 11.8 Å². The molecule has 17 heavy (non-hydrogen) atoms. The van der Waals surface area contributed by atoms with Crippen LogP contribution in [0.2, 0.25) is 0 Å². The monoisotopic (exact) mass is 235 g/mol. The molecule has 86 valence electrons. The summed E-state index contributed by atoms with van der Waals surface area (Å²) in [4.78, 5) is 17.9. The highest BCUT2D eigenvalue weighted by molar-refractivity contribution is 5.77. The maximum absolute atomic E-state index is 13.4. The Balaban J connectivity index is 2.58. The molecule has 1 aromatic heterocycles. The second-order valence-corrected chi connectivity index (χ2v) is 3.27. The van der Waals surface area contributed by atoms with Gasteiger partial charge in [0.05, 0.1) is 11.3 Å². The van der Waals surface area contributed by atoms with Gasteiger partial charge in [-0.25, -0.2) is 18.7 Å². The van der Waals surface area contributed by atoms with Crippen molar-refractivity contribution in [3.8, 4) is 11.3 Å². The summed E-state index contributed by atoms with van der Waals surface area (Å²) < 4.78 is 26.7. The summed E-state index contributed by atoms with van der Waals surface area (Å²) in [6.07, 6.45) is 1.50. The second-order valence-electron chi connectivity index (χ2n) is 3.27. The second kappa shape index (κ2) is 4.25. The van der Waals surface area contributed by atoms with E-state index in [-0.39, 0.29) is 23.5 Å². The smallest absolute Gasteiger partial charge is 0.220 e. The van der Waals surface area contributed by atoms with E-state index in [2.05, 4.69) is 9.97 Å². The van der Waals surface area contributed by atoms with Crippen molar-refractivity contribution in [2.24, 2.45) is 0 Å². The summed E-state index contributed by atoms with van der Waals surface area (Å²) in [5.74, 6) is -1.87. The van der Waals surface area contributed by atoms with E-state index in [1.807, 2.05) is 0 Å². The van der Waals surface area contributed by atoms with E-state index in [0.29, 0.717) is 0 Å². The number of carbonyl (C=O) groups excluding carboxylic acids is 1. The van der Waals surface area contributed by atoms with Crippen molar-refractivity contribution in [1.29, 1.82) is 0 Å². The number of rotatable bonds is 2. The van der Waals surface area contributed by atoms with Crippen LogP contribution in [0.25, 0.3) is 11.3 Å². The Bertz CT molecular complexity index is 564. The van der Waals surface area contributed by atoms with Gasteiger partial charge in [-0.05, 0) is 18.2 Å². The Morgan fingerprint density at radius 2 is 1.88 bits per heavy atom. The van der Waals surface area contributed by atoms with Gasteiger partial charge in [-0.1, -0.05) is 0 Å². The first-order chi connectivity index (χ1) is 8.11. The van der Waals surface area contributed by atoms with Gasteiger partial charge in [0.15, 0.2) is 6.29 Å². The van der Waals surface area contributed by atoms with E-state index >= 15 is 0 Å². The SMILES string of the molecule is Nc1nccc(-c2cc(F)c(C=O)c(F)c2)n1. The fourth-order valence-corrected chi connectivity index (χ4v) is 1.38. The first-order valence-electron chi connectivity index (χ1n) is 4.65. The number of hydrogen-bond donors (Lipinski definition) is 1. The van der Waals surface area contributed by atoms with Crippen LogP contribution in [0.3, 0.4) is 0 Å². The number of halogens is 2. The summed E-state index contributed by atoms with van der Waals surface area (Å²) in [6, 6.07) is 3.51. The van der Waals surface area contributed by atoms with E-state index < -0.39 is 17.2 Å². The van der Waals surface area contributed by atoms with Gasteiger partial charge in [0.2, 0.25) is 5.95 Å². The average Bonchev–Trinajstić information content (AvgIpc) is 2.28. The zero-order chi connectivity index (χ0) is 12.4. The number of aromatic nitrogens is 2. The molecule has 2 aromatic rings. The molecule has 6 heteroatoms. The minimum atomic E-state index is -0.938. The van der Waals surface area contributed by atoms with Gasteiger partial charge in [0.25, 0.3) is 0 Å². The van der Waals surface area contributed by atoms with Crippen LogP contribution >= 0.6 is 0 Å². The van der Waals surface area contributed by atoms with Crippen molar-refractivity contribution in [2.75, 3.05) is 5.73 Å². The van der Waals surface area contributed by atoms with Crippen LogP contribution < -0.4 is 5.73 Å². The molecule has 1 heterocycles. The van der Waals surface area contributed by atoms with Gasteiger partial charge in [0.1, 0.15) is 11.6 Å².